The molecular formula is C13H18N4O2. The van der Waals surface area contributed by atoms with Gasteiger partial charge in [0, 0.05) is 11.4 Å². The topological polar surface area (TPSA) is 101 Å². The summed E-state index contributed by atoms with van der Waals surface area (Å²) in [5.41, 5.74) is 12.2. The van der Waals surface area contributed by atoms with Crippen molar-refractivity contribution in [1.29, 1.82) is 0 Å². The summed E-state index contributed by atoms with van der Waals surface area (Å²) in [5.74, 6) is -0.518. The first-order valence-electron chi connectivity index (χ1n) is 6.25. The molecule has 2 amide bonds. The van der Waals surface area contributed by atoms with Crippen LogP contribution >= 0.6 is 0 Å². The lowest BCUT2D eigenvalue weighted by Crippen LogP contribution is -2.43. The van der Waals surface area contributed by atoms with Crippen LogP contribution in [0, 0.1) is 0 Å². The van der Waals surface area contributed by atoms with Crippen LogP contribution in [0.2, 0.25) is 0 Å². The summed E-state index contributed by atoms with van der Waals surface area (Å²) in [6, 6.07) is 6.60. The Morgan fingerprint density at radius 3 is 2.63 bits per heavy atom. The average Bonchev–Trinajstić information content (AvgIpc) is 2.80. The van der Waals surface area contributed by atoms with E-state index in [4.69, 9.17) is 11.5 Å². The monoisotopic (exact) mass is 262 g/mol. The summed E-state index contributed by atoms with van der Waals surface area (Å²) in [7, 11) is 0. The lowest BCUT2D eigenvalue weighted by atomic mass is 10.2. The van der Waals surface area contributed by atoms with E-state index in [1.165, 1.54) is 0 Å². The lowest BCUT2D eigenvalue weighted by molar-refractivity contribution is -0.123. The summed E-state index contributed by atoms with van der Waals surface area (Å²) in [5, 5.41) is 2.77. The first-order valence-corrected chi connectivity index (χ1v) is 6.25. The van der Waals surface area contributed by atoms with Gasteiger partial charge >= 0.3 is 0 Å². The molecule has 0 spiro atoms. The number of nitrogens with zero attached hydrogens (tertiary/aromatic N) is 1. The van der Waals surface area contributed by atoms with Crippen molar-refractivity contribution in [3.05, 3.63) is 24.3 Å². The number of amides is 2. The second kappa shape index (κ2) is 5.71. The van der Waals surface area contributed by atoms with Crippen molar-refractivity contribution in [2.45, 2.75) is 18.9 Å². The fourth-order valence-corrected chi connectivity index (χ4v) is 2.29. The molecule has 0 aromatic heterocycles. The number of primary amides is 1. The van der Waals surface area contributed by atoms with E-state index in [0.29, 0.717) is 11.4 Å². The molecule has 2 rings (SSSR count). The second-order valence-corrected chi connectivity index (χ2v) is 4.70. The van der Waals surface area contributed by atoms with Crippen LogP contribution in [0.25, 0.3) is 0 Å². The van der Waals surface area contributed by atoms with Crippen LogP contribution < -0.4 is 16.8 Å². The number of anilines is 2. The van der Waals surface area contributed by atoms with Gasteiger partial charge in [-0.25, -0.2) is 0 Å². The van der Waals surface area contributed by atoms with Gasteiger partial charge in [0.1, 0.15) is 0 Å². The SMILES string of the molecule is NC(=O)C1CCCN1CC(=O)Nc1ccc(N)cc1. The molecule has 0 aliphatic carbocycles. The van der Waals surface area contributed by atoms with Gasteiger partial charge in [0.25, 0.3) is 0 Å². The first kappa shape index (κ1) is 13.4. The number of rotatable bonds is 4. The van der Waals surface area contributed by atoms with Crippen molar-refractivity contribution in [2.24, 2.45) is 5.73 Å². The van der Waals surface area contributed by atoms with Crippen LogP contribution in [0.3, 0.4) is 0 Å². The number of hydrogen-bond acceptors (Lipinski definition) is 4. The van der Waals surface area contributed by atoms with E-state index >= 15 is 0 Å². The zero-order chi connectivity index (χ0) is 13.8. The Morgan fingerprint density at radius 2 is 2.00 bits per heavy atom. The predicted octanol–water partition coefficient (Wildman–Crippen LogP) is 0.157. The van der Waals surface area contributed by atoms with Crippen LogP contribution in [-0.2, 0) is 9.59 Å². The Kier molecular flexibility index (Phi) is 4.01. The van der Waals surface area contributed by atoms with Gasteiger partial charge in [0.15, 0.2) is 0 Å². The minimum absolute atomic E-state index is 0.155. The molecule has 0 bridgehead atoms. The predicted molar refractivity (Wildman–Crippen MR) is 73.3 cm³/mol. The van der Waals surface area contributed by atoms with Crippen molar-refractivity contribution in [3.8, 4) is 0 Å². The Morgan fingerprint density at radius 1 is 1.32 bits per heavy atom. The Labute approximate surface area is 111 Å². The molecule has 1 aromatic rings. The lowest BCUT2D eigenvalue weighted by Gasteiger charge is -2.20. The van der Waals surface area contributed by atoms with E-state index < -0.39 is 0 Å². The summed E-state index contributed by atoms with van der Waals surface area (Å²) >= 11 is 0. The molecular weight excluding hydrogens is 244 g/mol. The first-order chi connectivity index (χ1) is 9.06. The summed E-state index contributed by atoms with van der Waals surface area (Å²) < 4.78 is 0. The normalized spacial score (nSPS) is 19.3. The molecule has 1 atom stereocenters. The van der Waals surface area contributed by atoms with Gasteiger partial charge in [-0.05, 0) is 43.7 Å². The maximum Gasteiger partial charge on any atom is 0.238 e. The number of nitrogens with one attached hydrogen (secondary N) is 1. The van der Waals surface area contributed by atoms with Crippen molar-refractivity contribution < 1.29 is 9.59 Å². The van der Waals surface area contributed by atoms with E-state index in [2.05, 4.69) is 5.32 Å². The molecule has 1 fully saturated rings. The van der Waals surface area contributed by atoms with E-state index in [9.17, 15) is 9.59 Å². The summed E-state index contributed by atoms with van der Waals surface area (Å²) in [4.78, 5) is 24.9. The molecule has 1 saturated heterocycles. The van der Waals surface area contributed by atoms with Crippen LogP contribution in [0.5, 0.6) is 0 Å². The average molecular weight is 262 g/mol. The van der Waals surface area contributed by atoms with Crippen molar-refractivity contribution >= 4 is 23.2 Å². The Hall–Kier alpha value is -2.08. The highest BCUT2D eigenvalue weighted by Crippen LogP contribution is 2.17. The quantitative estimate of drug-likeness (QED) is 0.672. The third-order valence-electron chi connectivity index (χ3n) is 3.23. The molecule has 0 radical (unpaired) electrons. The third kappa shape index (κ3) is 3.45. The van der Waals surface area contributed by atoms with Crippen LogP contribution in [0.15, 0.2) is 24.3 Å². The number of benzene rings is 1. The molecule has 1 aliphatic rings. The molecule has 1 aromatic carbocycles. The molecule has 6 nitrogen and oxygen atoms in total. The summed E-state index contributed by atoms with van der Waals surface area (Å²) in [6.45, 7) is 0.904. The highest BCUT2D eigenvalue weighted by molar-refractivity contribution is 5.93. The van der Waals surface area contributed by atoms with Gasteiger partial charge in [-0.2, -0.15) is 0 Å². The number of carbonyl (C=O) groups excluding carboxylic acids is 2. The van der Waals surface area contributed by atoms with Gasteiger partial charge in [0.2, 0.25) is 11.8 Å². The minimum atomic E-state index is -0.363. The van der Waals surface area contributed by atoms with Gasteiger partial charge < -0.3 is 16.8 Å². The van der Waals surface area contributed by atoms with Crippen LogP contribution in [0.1, 0.15) is 12.8 Å². The molecule has 1 unspecified atom stereocenters. The fraction of sp³-hybridized carbons (Fsp3) is 0.385. The molecule has 6 heteroatoms. The van der Waals surface area contributed by atoms with Gasteiger partial charge in [-0.15, -0.1) is 0 Å². The zero-order valence-corrected chi connectivity index (χ0v) is 10.6. The highest BCUT2D eigenvalue weighted by atomic mass is 16.2. The number of carbonyl (C=O) groups is 2. The number of nitrogens with two attached hydrogens (primary N) is 2. The standard InChI is InChI=1S/C13H18N4O2/c14-9-3-5-10(6-4-9)16-12(18)8-17-7-1-2-11(17)13(15)19/h3-6,11H,1-2,7-8,14H2,(H2,15,19)(H,16,18). The summed E-state index contributed by atoms with van der Waals surface area (Å²) in [6.07, 6.45) is 1.62. The Bertz CT molecular complexity index is 472. The maximum atomic E-state index is 11.9. The third-order valence-corrected chi connectivity index (χ3v) is 3.23. The van der Waals surface area contributed by atoms with Gasteiger partial charge in [-0.1, -0.05) is 0 Å². The van der Waals surface area contributed by atoms with Gasteiger partial charge in [-0.3, -0.25) is 14.5 Å². The van der Waals surface area contributed by atoms with E-state index in [0.717, 1.165) is 19.4 Å². The van der Waals surface area contributed by atoms with Crippen molar-refractivity contribution in [2.75, 3.05) is 24.1 Å². The number of likely N-dealkylation sites (tertiary alicyclic amines) is 1. The van der Waals surface area contributed by atoms with E-state index in [-0.39, 0.29) is 24.4 Å². The van der Waals surface area contributed by atoms with E-state index in [1.54, 1.807) is 24.3 Å². The van der Waals surface area contributed by atoms with Gasteiger partial charge in [0.05, 0.1) is 12.6 Å². The number of nitrogen functional groups attached to an aromatic ring is 1. The highest BCUT2D eigenvalue weighted by Gasteiger charge is 2.30. The maximum absolute atomic E-state index is 11.9. The fourth-order valence-electron chi connectivity index (χ4n) is 2.29. The van der Waals surface area contributed by atoms with E-state index in [1.807, 2.05) is 4.90 Å². The molecule has 5 N–H and O–H groups in total. The second-order valence-electron chi connectivity index (χ2n) is 4.70. The number of hydrogen-bond donors (Lipinski definition) is 3. The molecule has 19 heavy (non-hydrogen) atoms. The smallest absolute Gasteiger partial charge is 0.238 e. The minimum Gasteiger partial charge on any atom is -0.399 e. The van der Waals surface area contributed by atoms with Crippen molar-refractivity contribution in [1.82, 2.24) is 4.90 Å². The Balaban J connectivity index is 1.90. The van der Waals surface area contributed by atoms with Crippen LogP contribution in [0.4, 0.5) is 11.4 Å². The molecule has 102 valence electrons. The zero-order valence-electron chi connectivity index (χ0n) is 10.6. The van der Waals surface area contributed by atoms with Crippen LogP contribution in [-0.4, -0.2) is 35.8 Å². The molecule has 0 saturated carbocycles. The molecule has 1 aliphatic heterocycles. The van der Waals surface area contributed by atoms with Crippen molar-refractivity contribution in [3.63, 3.8) is 0 Å². The largest absolute Gasteiger partial charge is 0.399 e. The molecule has 1 heterocycles.